The number of anilines is 1. The van der Waals surface area contributed by atoms with Crippen LogP contribution >= 0.6 is 22.9 Å². The summed E-state index contributed by atoms with van der Waals surface area (Å²) in [6.45, 7) is 7.63. The summed E-state index contributed by atoms with van der Waals surface area (Å²) < 4.78 is 5.17. The number of carbonyl (C=O) groups is 1. The van der Waals surface area contributed by atoms with Crippen LogP contribution in [0.15, 0.2) is 24.5 Å². The Morgan fingerprint density at radius 3 is 2.67 bits per heavy atom. The first kappa shape index (κ1) is 19.5. The largest absolute Gasteiger partial charge is 0.462 e. The molecule has 0 amide bonds. The van der Waals surface area contributed by atoms with Crippen LogP contribution in [0.1, 0.15) is 34.6 Å². The lowest BCUT2D eigenvalue weighted by molar-refractivity contribution is 0.0531. The molecule has 0 saturated carbocycles. The Balaban J connectivity index is 1.99. The number of aryl methyl sites for hydroxylation is 1. The van der Waals surface area contributed by atoms with Gasteiger partial charge >= 0.3 is 5.97 Å². The number of thiophene rings is 1. The molecule has 0 unspecified atom stereocenters. The maximum atomic E-state index is 12.3. The highest BCUT2D eigenvalue weighted by Crippen LogP contribution is 2.36. The van der Waals surface area contributed by atoms with Gasteiger partial charge < -0.3 is 9.64 Å². The number of carbonyl (C=O) groups excluding carboxylic acids is 1. The van der Waals surface area contributed by atoms with Crippen LogP contribution in [0, 0.1) is 6.92 Å². The zero-order valence-electron chi connectivity index (χ0n) is 15.5. The van der Waals surface area contributed by atoms with E-state index in [0.29, 0.717) is 16.3 Å². The van der Waals surface area contributed by atoms with E-state index in [1.54, 1.807) is 19.3 Å². The van der Waals surface area contributed by atoms with Crippen LogP contribution < -0.4 is 4.90 Å². The van der Waals surface area contributed by atoms with Crippen molar-refractivity contribution in [2.45, 2.75) is 27.2 Å². The summed E-state index contributed by atoms with van der Waals surface area (Å²) in [6, 6.07) is 4.01. The van der Waals surface area contributed by atoms with Crippen molar-refractivity contribution in [3.8, 4) is 0 Å². The second-order valence-corrected chi connectivity index (χ2v) is 7.30. The van der Waals surface area contributed by atoms with E-state index in [1.807, 2.05) is 19.1 Å². The molecule has 3 rings (SSSR count). The van der Waals surface area contributed by atoms with E-state index in [9.17, 15) is 4.79 Å². The fraction of sp³-hybridized carbons (Fsp3) is 0.368. The van der Waals surface area contributed by atoms with E-state index in [0.717, 1.165) is 36.3 Å². The second kappa shape index (κ2) is 8.63. The molecule has 6 nitrogen and oxygen atoms in total. The van der Waals surface area contributed by atoms with Gasteiger partial charge in [-0.3, -0.25) is 4.98 Å². The maximum absolute atomic E-state index is 12.3. The molecule has 0 aromatic carbocycles. The third kappa shape index (κ3) is 4.20. The van der Waals surface area contributed by atoms with E-state index in [2.05, 4.69) is 26.8 Å². The van der Waals surface area contributed by atoms with Gasteiger partial charge in [-0.2, -0.15) is 4.98 Å². The smallest absolute Gasteiger partial charge is 0.348 e. The summed E-state index contributed by atoms with van der Waals surface area (Å²) in [5, 5.41) is 1.04. The van der Waals surface area contributed by atoms with E-state index in [-0.39, 0.29) is 11.3 Å². The van der Waals surface area contributed by atoms with Crippen LogP contribution in [0.25, 0.3) is 10.2 Å². The van der Waals surface area contributed by atoms with Crippen LogP contribution in [-0.2, 0) is 11.2 Å². The second-order valence-electron chi connectivity index (χ2n) is 5.96. The lowest BCUT2D eigenvalue weighted by Crippen LogP contribution is -2.26. The topological polar surface area (TPSA) is 68.2 Å². The highest BCUT2D eigenvalue weighted by Gasteiger charge is 2.23. The molecule has 0 N–H and O–H groups in total. The summed E-state index contributed by atoms with van der Waals surface area (Å²) in [5.41, 5.74) is 2.04. The van der Waals surface area contributed by atoms with Crippen molar-refractivity contribution in [3.05, 3.63) is 45.8 Å². The van der Waals surface area contributed by atoms with Crippen molar-refractivity contribution < 1.29 is 9.53 Å². The molecule has 0 spiro atoms. The maximum Gasteiger partial charge on any atom is 0.348 e. The molecule has 0 fully saturated rings. The van der Waals surface area contributed by atoms with Crippen molar-refractivity contribution in [1.82, 2.24) is 15.0 Å². The van der Waals surface area contributed by atoms with Crippen LogP contribution in [0.2, 0.25) is 5.28 Å². The molecule has 0 aliphatic heterocycles. The van der Waals surface area contributed by atoms with Gasteiger partial charge in [0.1, 0.15) is 15.5 Å². The van der Waals surface area contributed by atoms with Gasteiger partial charge in [-0.15, -0.1) is 11.3 Å². The summed E-state index contributed by atoms with van der Waals surface area (Å²) in [7, 11) is 0. The lowest BCUT2D eigenvalue weighted by atomic mass is 10.1. The van der Waals surface area contributed by atoms with Crippen LogP contribution in [-0.4, -0.2) is 40.6 Å². The third-order valence-corrected chi connectivity index (χ3v) is 5.64. The summed E-state index contributed by atoms with van der Waals surface area (Å²) in [6.07, 6.45) is 4.44. The van der Waals surface area contributed by atoms with Crippen molar-refractivity contribution in [2.24, 2.45) is 0 Å². The van der Waals surface area contributed by atoms with Gasteiger partial charge in [0.15, 0.2) is 0 Å². The average molecular weight is 405 g/mol. The molecule has 3 aromatic heterocycles. The monoisotopic (exact) mass is 404 g/mol. The van der Waals surface area contributed by atoms with Gasteiger partial charge in [-0.1, -0.05) is 0 Å². The predicted molar refractivity (Wildman–Crippen MR) is 109 cm³/mol. The first-order chi connectivity index (χ1) is 13.0. The number of ether oxygens (including phenoxy) is 1. The van der Waals surface area contributed by atoms with Gasteiger partial charge in [-0.05, 0) is 62.1 Å². The van der Waals surface area contributed by atoms with Crippen molar-refractivity contribution in [1.29, 1.82) is 0 Å². The number of halogens is 1. The van der Waals surface area contributed by atoms with Crippen molar-refractivity contribution in [3.63, 3.8) is 0 Å². The number of aromatic nitrogens is 3. The molecular formula is C19H21ClN4O2S. The van der Waals surface area contributed by atoms with Gasteiger partial charge in [0.05, 0.1) is 12.0 Å². The minimum absolute atomic E-state index is 0.177. The number of hydrogen-bond acceptors (Lipinski definition) is 7. The number of esters is 1. The minimum Gasteiger partial charge on any atom is -0.462 e. The van der Waals surface area contributed by atoms with Crippen molar-refractivity contribution >= 4 is 44.9 Å². The molecule has 0 aliphatic rings. The standard InChI is InChI=1S/C19H21ClN4O2S/c1-4-24(11-8-13-6-9-21-10-7-13)16-14-12(3)15(18(25)26-5-2)27-17(14)23-19(20)22-16/h6-7,9-10H,4-5,8,11H2,1-3H3. The molecule has 3 aromatic rings. The molecule has 0 radical (unpaired) electrons. The highest BCUT2D eigenvalue weighted by molar-refractivity contribution is 7.20. The van der Waals surface area contributed by atoms with E-state index in [4.69, 9.17) is 16.3 Å². The summed E-state index contributed by atoms with van der Waals surface area (Å²) in [5.74, 6) is 0.422. The molecule has 142 valence electrons. The zero-order valence-corrected chi connectivity index (χ0v) is 17.1. The Labute approximate surface area is 167 Å². The number of nitrogens with zero attached hydrogens (tertiary/aromatic N) is 4. The van der Waals surface area contributed by atoms with Crippen LogP contribution in [0.5, 0.6) is 0 Å². The zero-order chi connectivity index (χ0) is 19.4. The Hall–Kier alpha value is -2.25. The van der Waals surface area contributed by atoms with Gasteiger partial charge in [-0.25, -0.2) is 9.78 Å². The molecule has 0 aliphatic carbocycles. The average Bonchev–Trinajstić information content (AvgIpc) is 2.99. The molecule has 0 saturated heterocycles. The Bertz CT molecular complexity index is 946. The Morgan fingerprint density at radius 2 is 2.00 bits per heavy atom. The molecule has 3 heterocycles. The molecule has 8 heteroatoms. The number of rotatable bonds is 7. The molecule has 0 bridgehead atoms. The van der Waals surface area contributed by atoms with Gasteiger partial charge in [0, 0.05) is 25.5 Å². The Morgan fingerprint density at radius 1 is 1.26 bits per heavy atom. The number of hydrogen-bond donors (Lipinski definition) is 0. The first-order valence-corrected chi connectivity index (χ1v) is 10.0. The first-order valence-electron chi connectivity index (χ1n) is 8.82. The van der Waals surface area contributed by atoms with E-state index in [1.165, 1.54) is 16.9 Å². The summed E-state index contributed by atoms with van der Waals surface area (Å²) in [4.78, 5) is 28.5. The van der Waals surface area contributed by atoms with Gasteiger partial charge in [0.25, 0.3) is 0 Å². The molecular weight excluding hydrogens is 384 g/mol. The van der Waals surface area contributed by atoms with E-state index >= 15 is 0 Å². The van der Waals surface area contributed by atoms with Gasteiger partial charge in [0.2, 0.25) is 5.28 Å². The lowest BCUT2D eigenvalue weighted by Gasteiger charge is -2.23. The predicted octanol–water partition coefficient (Wildman–Crippen LogP) is 4.29. The number of fused-ring (bicyclic) bond motifs is 1. The normalized spacial score (nSPS) is 11.0. The highest BCUT2D eigenvalue weighted by atomic mass is 35.5. The quantitative estimate of drug-likeness (QED) is 0.432. The fourth-order valence-electron chi connectivity index (χ4n) is 2.94. The fourth-order valence-corrected chi connectivity index (χ4v) is 4.22. The van der Waals surface area contributed by atoms with Crippen molar-refractivity contribution in [2.75, 3.05) is 24.6 Å². The molecule has 0 atom stereocenters. The number of pyridine rings is 1. The Kier molecular flexibility index (Phi) is 6.23. The third-order valence-electron chi connectivity index (χ3n) is 4.31. The van der Waals surface area contributed by atoms with Crippen LogP contribution in [0.4, 0.5) is 5.82 Å². The minimum atomic E-state index is -0.333. The van der Waals surface area contributed by atoms with E-state index < -0.39 is 0 Å². The summed E-state index contributed by atoms with van der Waals surface area (Å²) >= 11 is 7.48. The molecule has 27 heavy (non-hydrogen) atoms. The SMILES string of the molecule is CCOC(=O)c1sc2nc(Cl)nc(N(CC)CCc3ccncc3)c2c1C. The number of likely N-dealkylation sites (N-methyl/N-ethyl adjacent to an activating group) is 1. The van der Waals surface area contributed by atoms with Crippen LogP contribution in [0.3, 0.4) is 0 Å².